The van der Waals surface area contributed by atoms with Gasteiger partial charge in [-0.15, -0.1) is 0 Å². The lowest BCUT2D eigenvalue weighted by atomic mass is 10.1. The van der Waals surface area contributed by atoms with E-state index < -0.39 is 0 Å². The van der Waals surface area contributed by atoms with Gasteiger partial charge in [0.1, 0.15) is 11.4 Å². The molecule has 0 fully saturated rings. The molecule has 1 aromatic heterocycles. The number of benzene rings is 2. The Morgan fingerprint density at radius 2 is 1.84 bits per heavy atom. The highest BCUT2D eigenvalue weighted by molar-refractivity contribution is 6.31. The minimum absolute atomic E-state index is 0.0644. The van der Waals surface area contributed by atoms with Crippen molar-refractivity contribution in [3.8, 4) is 17.0 Å². The molecule has 0 spiro atoms. The molecule has 0 aliphatic carbocycles. The van der Waals surface area contributed by atoms with Crippen LogP contribution in [0.4, 0.5) is 5.69 Å². The second-order valence-electron chi connectivity index (χ2n) is 6.04. The van der Waals surface area contributed by atoms with E-state index in [2.05, 4.69) is 15.5 Å². The van der Waals surface area contributed by atoms with E-state index in [1.165, 1.54) is 0 Å². The topological polar surface area (TPSA) is 78.0 Å². The van der Waals surface area contributed by atoms with Crippen molar-refractivity contribution in [2.24, 2.45) is 0 Å². The zero-order valence-electron chi connectivity index (χ0n) is 14.1. The second-order valence-corrected chi connectivity index (χ2v) is 6.45. The number of hydrogen-bond donors (Lipinski definition) is 3. The lowest BCUT2D eigenvalue weighted by molar-refractivity contribution is 0.102. The van der Waals surface area contributed by atoms with Gasteiger partial charge in [-0.1, -0.05) is 17.7 Å². The minimum atomic E-state index is -0.306. The Hall–Kier alpha value is -2.79. The van der Waals surface area contributed by atoms with Crippen molar-refractivity contribution in [2.45, 2.75) is 20.8 Å². The van der Waals surface area contributed by atoms with Gasteiger partial charge in [0.05, 0.1) is 5.69 Å². The number of aromatic amines is 1. The van der Waals surface area contributed by atoms with Gasteiger partial charge in [-0.3, -0.25) is 9.89 Å². The number of hydrogen-bond acceptors (Lipinski definition) is 3. The van der Waals surface area contributed by atoms with Crippen molar-refractivity contribution in [1.82, 2.24) is 10.2 Å². The monoisotopic (exact) mass is 355 g/mol. The summed E-state index contributed by atoms with van der Waals surface area (Å²) in [7, 11) is 0. The number of H-pyrrole nitrogens is 1. The molecule has 3 N–H and O–H groups in total. The van der Waals surface area contributed by atoms with Gasteiger partial charge >= 0.3 is 0 Å². The summed E-state index contributed by atoms with van der Waals surface area (Å²) in [5.74, 6) is -0.241. The predicted octanol–water partition coefficient (Wildman–Crippen LogP) is 4.61. The van der Waals surface area contributed by atoms with Gasteiger partial charge in [0.25, 0.3) is 5.91 Å². The molecule has 0 aliphatic rings. The Labute approximate surface area is 150 Å². The summed E-state index contributed by atoms with van der Waals surface area (Å²) in [6, 6.07) is 10.5. The quantitative estimate of drug-likeness (QED) is 0.641. The molecule has 0 saturated heterocycles. The first-order valence-electron chi connectivity index (χ1n) is 7.78. The van der Waals surface area contributed by atoms with Crippen molar-refractivity contribution >= 4 is 23.2 Å². The number of amides is 1. The third-order valence-electron chi connectivity index (χ3n) is 4.14. The van der Waals surface area contributed by atoms with E-state index in [1.807, 2.05) is 32.0 Å². The number of carbonyl (C=O) groups is 1. The standard InChI is InChI=1S/C19H18ClN3O2/c1-10-4-5-13(6-11(10)2)21-19(25)17-9-16(22-23-17)14-8-15(20)12(3)7-18(14)24/h4-9,24H,1-3H3,(H,21,25)(H,22,23). The molecular weight excluding hydrogens is 338 g/mol. The number of carbonyl (C=O) groups excluding carboxylic acids is 1. The first kappa shape index (κ1) is 17.0. The van der Waals surface area contributed by atoms with E-state index in [0.29, 0.717) is 27.7 Å². The summed E-state index contributed by atoms with van der Waals surface area (Å²) in [5, 5.41) is 20.3. The highest BCUT2D eigenvalue weighted by Gasteiger charge is 2.15. The van der Waals surface area contributed by atoms with Gasteiger partial charge in [-0.2, -0.15) is 5.10 Å². The van der Waals surface area contributed by atoms with Crippen LogP contribution < -0.4 is 5.32 Å². The van der Waals surface area contributed by atoms with Crippen LogP contribution in [-0.2, 0) is 0 Å². The van der Waals surface area contributed by atoms with Crippen LogP contribution in [-0.4, -0.2) is 21.2 Å². The third kappa shape index (κ3) is 3.51. The van der Waals surface area contributed by atoms with Crippen LogP contribution in [0.3, 0.4) is 0 Å². The van der Waals surface area contributed by atoms with E-state index in [-0.39, 0.29) is 11.7 Å². The maximum absolute atomic E-state index is 12.4. The number of anilines is 1. The van der Waals surface area contributed by atoms with Crippen LogP contribution in [0.1, 0.15) is 27.2 Å². The molecule has 0 atom stereocenters. The fraction of sp³-hybridized carbons (Fsp3) is 0.158. The summed E-state index contributed by atoms with van der Waals surface area (Å²) >= 11 is 6.11. The summed E-state index contributed by atoms with van der Waals surface area (Å²) < 4.78 is 0. The number of nitrogens with one attached hydrogen (secondary N) is 2. The molecule has 0 bridgehead atoms. The van der Waals surface area contributed by atoms with E-state index in [0.717, 1.165) is 16.7 Å². The van der Waals surface area contributed by atoms with Gasteiger partial charge in [0.2, 0.25) is 0 Å². The van der Waals surface area contributed by atoms with Crippen LogP contribution >= 0.6 is 11.6 Å². The largest absolute Gasteiger partial charge is 0.507 e. The van der Waals surface area contributed by atoms with E-state index >= 15 is 0 Å². The smallest absolute Gasteiger partial charge is 0.273 e. The second kappa shape index (κ2) is 6.61. The summed E-state index contributed by atoms with van der Waals surface area (Å²) in [4.78, 5) is 12.4. The van der Waals surface area contributed by atoms with Crippen LogP contribution in [0.2, 0.25) is 5.02 Å². The number of aromatic nitrogens is 2. The fourth-order valence-corrected chi connectivity index (χ4v) is 2.63. The summed E-state index contributed by atoms with van der Waals surface area (Å²) in [6.45, 7) is 5.81. The van der Waals surface area contributed by atoms with E-state index in [1.54, 1.807) is 25.1 Å². The van der Waals surface area contributed by atoms with Crippen LogP contribution in [0.5, 0.6) is 5.75 Å². The molecule has 25 heavy (non-hydrogen) atoms. The maximum atomic E-state index is 12.4. The fourth-order valence-electron chi connectivity index (χ4n) is 2.47. The Balaban J connectivity index is 1.84. The molecule has 1 amide bonds. The normalized spacial score (nSPS) is 10.7. The van der Waals surface area contributed by atoms with Gasteiger partial charge < -0.3 is 10.4 Å². The molecule has 2 aromatic carbocycles. The highest BCUT2D eigenvalue weighted by atomic mass is 35.5. The molecule has 1 heterocycles. The zero-order valence-corrected chi connectivity index (χ0v) is 14.9. The number of rotatable bonds is 3. The van der Waals surface area contributed by atoms with E-state index in [4.69, 9.17) is 11.6 Å². The number of phenols is 1. The van der Waals surface area contributed by atoms with Crippen molar-refractivity contribution in [3.63, 3.8) is 0 Å². The summed E-state index contributed by atoms with van der Waals surface area (Å²) in [6.07, 6.45) is 0. The van der Waals surface area contributed by atoms with Crippen molar-refractivity contribution < 1.29 is 9.90 Å². The molecule has 3 aromatic rings. The molecule has 6 heteroatoms. The van der Waals surface area contributed by atoms with Gasteiger partial charge in [0.15, 0.2) is 0 Å². The SMILES string of the molecule is Cc1ccc(NC(=O)c2cc(-c3cc(Cl)c(C)cc3O)n[nH]2)cc1C. The maximum Gasteiger partial charge on any atom is 0.273 e. The lowest BCUT2D eigenvalue weighted by Crippen LogP contribution is -2.12. The molecule has 0 unspecified atom stereocenters. The van der Waals surface area contributed by atoms with Crippen molar-refractivity contribution in [3.05, 3.63) is 63.8 Å². The Kier molecular flexibility index (Phi) is 4.51. The molecule has 0 aliphatic heterocycles. The first-order valence-corrected chi connectivity index (χ1v) is 8.16. The highest BCUT2D eigenvalue weighted by Crippen LogP contribution is 2.33. The lowest BCUT2D eigenvalue weighted by Gasteiger charge is -2.06. The van der Waals surface area contributed by atoms with Gasteiger partial charge in [-0.05, 0) is 67.8 Å². The molecule has 0 radical (unpaired) electrons. The number of halogens is 1. The van der Waals surface area contributed by atoms with Crippen LogP contribution in [0, 0.1) is 20.8 Å². The number of aromatic hydroxyl groups is 1. The molecule has 5 nitrogen and oxygen atoms in total. The first-order chi connectivity index (χ1) is 11.8. The number of phenolic OH excluding ortho intramolecular Hbond substituents is 1. The predicted molar refractivity (Wildman–Crippen MR) is 99.3 cm³/mol. The Morgan fingerprint density at radius 3 is 2.56 bits per heavy atom. The van der Waals surface area contributed by atoms with Crippen molar-refractivity contribution in [2.75, 3.05) is 5.32 Å². The number of aryl methyl sites for hydroxylation is 3. The molecular formula is C19H18ClN3O2. The summed E-state index contributed by atoms with van der Waals surface area (Å²) in [5.41, 5.74) is 4.96. The zero-order chi connectivity index (χ0) is 18.1. The average Bonchev–Trinajstić information content (AvgIpc) is 3.04. The molecule has 3 rings (SSSR count). The van der Waals surface area contributed by atoms with Crippen molar-refractivity contribution in [1.29, 1.82) is 0 Å². The molecule has 0 saturated carbocycles. The molecule has 128 valence electrons. The van der Waals surface area contributed by atoms with Gasteiger partial charge in [-0.25, -0.2) is 0 Å². The Bertz CT molecular complexity index is 963. The third-order valence-corrected chi connectivity index (χ3v) is 4.55. The average molecular weight is 356 g/mol. The van der Waals surface area contributed by atoms with E-state index in [9.17, 15) is 9.90 Å². The van der Waals surface area contributed by atoms with Crippen LogP contribution in [0.25, 0.3) is 11.3 Å². The minimum Gasteiger partial charge on any atom is -0.507 e. The number of nitrogens with zero attached hydrogens (tertiary/aromatic N) is 1. The van der Waals surface area contributed by atoms with Crippen LogP contribution in [0.15, 0.2) is 36.4 Å². The van der Waals surface area contributed by atoms with Gasteiger partial charge in [0, 0.05) is 16.3 Å². The Morgan fingerprint density at radius 1 is 1.08 bits per heavy atom.